The molecule has 0 radical (unpaired) electrons. The lowest BCUT2D eigenvalue weighted by molar-refractivity contribution is -0.133. The number of thiophene rings is 1. The van der Waals surface area contributed by atoms with Gasteiger partial charge >= 0.3 is 6.03 Å². The molecule has 7 nitrogen and oxygen atoms in total. The van der Waals surface area contributed by atoms with Crippen molar-refractivity contribution in [3.63, 3.8) is 0 Å². The van der Waals surface area contributed by atoms with Crippen molar-refractivity contribution in [3.05, 3.63) is 58.0 Å². The summed E-state index contributed by atoms with van der Waals surface area (Å²) in [5.41, 5.74) is 1.59. The Morgan fingerprint density at radius 2 is 2.10 bits per heavy atom. The van der Waals surface area contributed by atoms with Gasteiger partial charge in [0.05, 0.1) is 23.2 Å². The van der Waals surface area contributed by atoms with Crippen molar-refractivity contribution in [2.45, 2.75) is 19.4 Å². The van der Waals surface area contributed by atoms with Gasteiger partial charge < -0.3 is 15.0 Å². The molecule has 30 heavy (non-hydrogen) atoms. The van der Waals surface area contributed by atoms with Crippen LogP contribution < -0.4 is 5.32 Å². The summed E-state index contributed by atoms with van der Waals surface area (Å²) in [5.74, 6) is -0.644. The number of halogens is 1. The van der Waals surface area contributed by atoms with E-state index >= 15 is 0 Å². The van der Waals surface area contributed by atoms with Gasteiger partial charge in [-0.05, 0) is 36.1 Å². The van der Waals surface area contributed by atoms with Crippen molar-refractivity contribution in [3.8, 4) is 0 Å². The number of benzene rings is 1. The quantitative estimate of drug-likeness (QED) is 0.696. The number of urea groups is 1. The maximum Gasteiger partial charge on any atom is 0.317 e. The van der Waals surface area contributed by atoms with Gasteiger partial charge in [0, 0.05) is 26.6 Å². The predicted octanol–water partition coefficient (Wildman–Crippen LogP) is 3.24. The number of ether oxygens (including phenoxy) is 1. The normalized spacial score (nSPS) is 15.8. The number of hydrogen-bond acceptors (Lipinski definition) is 5. The third kappa shape index (κ3) is 5.22. The molecule has 0 saturated carbocycles. The minimum Gasteiger partial charge on any atom is -0.383 e. The standard InChI is InChI=1S/C21H25FN4O3S/c1-3-23-21(28)25(10-11-29-2)14-20(27)26-18(15-6-8-16(22)9-7-15)13-17(24-26)19-5-4-12-30-19/h4-9,12,18H,3,10-11,13-14H2,1-2H3,(H,23,28). The molecule has 1 aliphatic heterocycles. The third-order valence-corrected chi connectivity index (χ3v) is 5.65. The van der Waals surface area contributed by atoms with Gasteiger partial charge in [0.2, 0.25) is 0 Å². The lowest BCUT2D eigenvalue weighted by Gasteiger charge is -2.27. The van der Waals surface area contributed by atoms with E-state index in [9.17, 15) is 14.0 Å². The number of rotatable bonds is 8. The Morgan fingerprint density at radius 3 is 2.73 bits per heavy atom. The van der Waals surface area contributed by atoms with E-state index in [2.05, 4.69) is 10.4 Å². The first-order valence-corrected chi connectivity index (χ1v) is 10.6. The number of carbonyl (C=O) groups is 2. The summed E-state index contributed by atoms with van der Waals surface area (Å²) < 4.78 is 18.5. The molecular formula is C21H25FN4O3S. The molecule has 0 saturated heterocycles. The molecule has 0 spiro atoms. The van der Waals surface area contributed by atoms with Crippen LogP contribution in [0.1, 0.15) is 29.8 Å². The Balaban J connectivity index is 1.84. The van der Waals surface area contributed by atoms with Crippen LogP contribution in [-0.4, -0.2) is 60.9 Å². The Bertz CT molecular complexity index is 886. The fourth-order valence-electron chi connectivity index (χ4n) is 3.23. The van der Waals surface area contributed by atoms with Crippen LogP contribution in [0, 0.1) is 5.82 Å². The van der Waals surface area contributed by atoms with Crippen LogP contribution in [0.25, 0.3) is 0 Å². The van der Waals surface area contributed by atoms with Gasteiger partial charge in [0.15, 0.2) is 0 Å². The second-order valence-corrected chi connectivity index (χ2v) is 7.73. The lowest BCUT2D eigenvalue weighted by Crippen LogP contribution is -2.47. The lowest BCUT2D eigenvalue weighted by atomic mass is 10.0. The molecule has 0 bridgehead atoms. The molecule has 0 fully saturated rings. The minimum absolute atomic E-state index is 0.131. The summed E-state index contributed by atoms with van der Waals surface area (Å²) in [6.07, 6.45) is 0.525. The molecular weight excluding hydrogens is 407 g/mol. The van der Waals surface area contributed by atoms with Gasteiger partial charge in [-0.15, -0.1) is 11.3 Å². The van der Waals surface area contributed by atoms with E-state index in [4.69, 9.17) is 4.74 Å². The Morgan fingerprint density at radius 1 is 1.33 bits per heavy atom. The van der Waals surface area contributed by atoms with Crippen molar-refractivity contribution in [1.29, 1.82) is 0 Å². The predicted molar refractivity (Wildman–Crippen MR) is 114 cm³/mol. The van der Waals surface area contributed by atoms with E-state index in [0.29, 0.717) is 19.6 Å². The highest BCUT2D eigenvalue weighted by molar-refractivity contribution is 7.12. The summed E-state index contributed by atoms with van der Waals surface area (Å²) in [7, 11) is 1.54. The van der Waals surface area contributed by atoms with E-state index in [0.717, 1.165) is 16.2 Å². The van der Waals surface area contributed by atoms with Crippen LogP contribution in [0.4, 0.5) is 9.18 Å². The molecule has 0 aliphatic carbocycles. The van der Waals surface area contributed by atoms with Gasteiger partial charge in [-0.3, -0.25) is 4.79 Å². The van der Waals surface area contributed by atoms with Crippen molar-refractivity contribution in [2.75, 3.05) is 33.4 Å². The van der Waals surface area contributed by atoms with Crippen LogP contribution in [0.2, 0.25) is 0 Å². The SMILES string of the molecule is CCNC(=O)N(CCOC)CC(=O)N1N=C(c2cccs2)CC1c1ccc(F)cc1. The number of carbonyl (C=O) groups excluding carboxylic acids is 2. The zero-order chi connectivity index (χ0) is 21.5. The second kappa shape index (κ2) is 10.3. The smallest absolute Gasteiger partial charge is 0.317 e. The highest BCUT2D eigenvalue weighted by atomic mass is 32.1. The Kier molecular flexibility index (Phi) is 7.53. The molecule has 2 aromatic rings. The van der Waals surface area contributed by atoms with Crippen LogP contribution in [-0.2, 0) is 9.53 Å². The summed E-state index contributed by atoms with van der Waals surface area (Å²) >= 11 is 1.55. The molecule has 160 valence electrons. The number of nitrogens with one attached hydrogen (secondary N) is 1. The maximum absolute atomic E-state index is 13.4. The first-order valence-electron chi connectivity index (χ1n) is 9.74. The van der Waals surface area contributed by atoms with Crippen LogP contribution in [0.3, 0.4) is 0 Å². The van der Waals surface area contributed by atoms with E-state index in [1.807, 2.05) is 24.4 Å². The maximum atomic E-state index is 13.4. The Hall–Kier alpha value is -2.78. The van der Waals surface area contributed by atoms with Crippen LogP contribution in [0.5, 0.6) is 0 Å². The number of hydrazone groups is 1. The first kappa shape index (κ1) is 21.9. The van der Waals surface area contributed by atoms with Gasteiger partial charge in [-0.1, -0.05) is 18.2 Å². The van der Waals surface area contributed by atoms with E-state index < -0.39 is 0 Å². The summed E-state index contributed by atoms with van der Waals surface area (Å²) in [6, 6.07) is 9.29. The molecule has 1 aromatic heterocycles. The summed E-state index contributed by atoms with van der Waals surface area (Å²) in [4.78, 5) is 27.9. The number of methoxy groups -OCH3 is 1. The molecule has 3 rings (SSSR count). The third-order valence-electron chi connectivity index (χ3n) is 4.73. The molecule has 3 amide bonds. The molecule has 1 unspecified atom stereocenters. The number of amides is 3. The Labute approximate surface area is 179 Å². The number of hydrogen-bond donors (Lipinski definition) is 1. The average Bonchev–Trinajstić information content (AvgIpc) is 3.41. The zero-order valence-corrected chi connectivity index (χ0v) is 17.8. The fourth-order valence-corrected chi connectivity index (χ4v) is 3.95. The highest BCUT2D eigenvalue weighted by Crippen LogP contribution is 2.34. The van der Waals surface area contributed by atoms with E-state index in [-0.39, 0.29) is 36.9 Å². The summed E-state index contributed by atoms with van der Waals surface area (Å²) in [5, 5.41) is 10.7. The van der Waals surface area contributed by atoms with Crippen molar-refractivity contribution >= 4 is 29.0 Å². The van der Waals surface area contributed by atoms with Gasteiger partial charge in [-0.25, -0.2) is 14.2 Å². The highest BCUT2D eigenvalue weighted by Gasteiger charge is 2.34. The minimum atomic E-state index is -0.353. The zero-order valence-electron chi connectivity index (χ0n) is 17.0. The van der Waals surface area contributed by atoms with Crippen molar-refractivity contribution in [1.82, 2.24) is 15.2 Å². The van der Waals surface area contributed by atoms with Crippen LogP contribution >= 0.6 is 11.3 Å². The topological polar surface area (TPSA) is 74.2 Å². The summed E-state index contributed by atoms with van der Waals surface area (Å²) in [6.45, 7) is 2.74. The van der Waals surface area contributed by atoms with Gasteiger partial charge in [0.25, 0.3) is 5.91 Å². The monoisotopic (exact) mass is 432 g/mol. The molecule has 1 aliphatic rings. The molecule has 1 aromatic carbocycles. The second-order valence-electron chi connectivity index (χ2n) is 6.78. The van der Waals surface area contributed by atoms with Gasteiger partial charge in [-0.2, -0.15) is 5.10 Å². The first-order chi connectivity index (χ1) is 14.5. The fraction of sp³-hybridized carbons (Fsp3) is 0.381. The molecule has 1 atom stereocenters. The van der Waals surface area contributed by atoms with E-state index in [1.165, 1.54) is 22.0 Å². The molecule has 2 heterocycles. The van der Waals surface area contributed by atoms with Crippen molar-refractivity contribution in [2.24, 2.45) is 5.10 Å². The average molecular weight is 433 g/mol. The van der Waals surface area contributed by atoms with E-state index in [1.54, 1.807) is 30.6 Å². The largest absolute Gasteiger partial charge is 0.383 e. The number of nitrogens with zero attached hydrogens (tertiary/aromatic N) is 3. The molecule has 9 heteroatoms. The molecule has 1 N–H and O–H groups in total. The van der Waals surface area contributed by atoms with Crippen LogP contribution in [0.15, 0.2) is 46.9 Å². The van der Waals surface area contributed by atoms with Gasteiger partial charge in [0.1, 0.15) is 12.4 Å². The van der Waals surface area contributed by atoms with Crippen molar-refractivity contribution < 1.29 is 18.7 Å².